The van der Waals surface area contributed by atoms with Crippen molar-refractivity contribution in [1.29, 1.82) is 0 Å². The van der Waals surface area contributed by atoms with Crippen molar-refractivity contribution in [3.05, 3.63) is 17.0 Å². The van der Waals surface area contributed by atoms with Gasteiger partial charge in [0.2, 0.25) is 0 Å². The molecule has 1 aliphatic heterocycles. The number of rotatable bonds is 4. The van der Waals surface area contributed by atoms with E-state index in [1.54, 1.807) is 19.2 Å². The highest BCUT2D eigenvalue weighted by molar-refractivity contribution is 7.91. The summed E-state index contributed by atoms with van der Waals surface area (Å²) in [7, 11) is 0.229. The van der Waals surface area contributed by atoms with E-state index in [0.717, 1.165) is 37.3 Å². The van der Waals surface area contributed by atoms with Crippen molar-refractivity contribution >= 4 is 21.4 Å². The van der Waals surface area contributed by atoms with Crippen LogP contribution < -0.4 is 0 Å². The Labute approximate surface area is 118 Å². The van der Waals surface area contributed by atoms with Crippen molar-refractivity contribution in [1.82, 2.24) is 9.21 Å². The summed E-state index contributed by atoms with van der Waals surface area (Å²) < 4.78 is 26.8. The van der Waals surface area contributed by atoms with Crippen LogP contribution in [0.3, 0.4) is 0 Å². The van der Waals surface area contributed by atoms with Crippen LogP contribution >= 0.6 is 11.3 Å². The first-order valence-electron chi connectivity index (χ1n) is 6.31. The Morgan fingerprint density at radius 1 is 1.53 bits per heavy atom. The molecule has 2 rings (SSSR count). The van der Waals surface area contributed by atoms with Crippen LogP contribution in [0.2, 0.25) is 0 Å². The molecule has 0 aromatic carbocycles. The zero-order valence-corrected chi connectivity index (χ0v) is 12.9. The molecule has 1 aromatic heterocycles. The van der Waals surface area contributed by atoms with E-state index < -0.39 is 10.0 Å². The molecule has 1 fully saturated rings. The third-order valence-corrected chi connectivity index (χ3v) is 6.99. The molecule has 0 radical (unpaired) electrons. The van der Waals surface area contributed by atoms with Gasteiger partial charge in [-0.3, -0.25) is 0 Å². The maximum absolute atomic E-state index is 12.5. The van der Waals surface area contributed by atoms with Gasteiger partial charge >= 0.3 is 0 Å². The molecule has 0 spiro atoms. The monoisotopic (exact) mass is 304 g/mol. The number of aliphatic hydroxyl groups excluding tert-OH is 1. The molecule has 0 saturated carbocycles. The summed E-state index contributed by atoms with van der Waals surface area (Å²) in [5, 5.41) is 9.03. The van der Waals surface area contributed by atoms with Gasteiger partial charge in [-0.15, -0.1) is 11.3 Å². The van der Waals surface area contributed by atoms with Gasteiger partial charge in [-0.25, -0.2) is 8.42 Å². The smallest absolute Gasteiger partial charge is 0.252 e. The van der Waals surface area contributed by atoms with Crippen molar-refractivity contribution < 1.29 is 13.5 Å². The van der Waals surface area contributed by atoms with Crippen molar-refractivity contribution in [2.45, 2.75) is 29.7 Å². The molecule has 1 aromatic rings. The Bertz CT molecular complexity index is 527. The molecule has 0 amide bonds. The van der Waals surface area contributed by atoms with Crippen LogP contribution in [-0.2, 0) is 16.6 Å². The predicted octanol–water partition coefficient (Wildman–Crippen LogP) is 0.955. The predicted molar refractivity (Wildman–Crippen MR) is 75.7 cm³/mol. The zero-order valence-electron chi connectivity index (χ0n) is 11.2. The Morgan fingerprint density at radius 2 is 2.26 bits per heavy atom. The minimum Gasteiger partial charge on any atom is -0.391 e. The second kappa shape index (κ2) is 5.88. The van der Waals surface area contributed by atoms with Gasteiger partial charge in [-0.2, -0.15) is 4.31 Å². The van der Waals surface area contributed by atoms with E-state index in [9.17, 15) is 8.42 Å². The minimum absolute atomic E-state index is 0.0310. The maximum atomic E-state index is 12.5. The second-order valence-corrected chi connectivity index (χ2v) is 8.35. The number of thiophene rings is 1. The molecule has 1 atom stereocenters. The molecule has 1 aliphatic rings. The van der Waals surface area contributed by atoms with Crippen LogP contribution in [-0.4, -0.2) is 56.0 Å². The third kappa shape index (κ3) is 3.17. The topological polar surface area (TPSA) is 60.9 Å². The van der Waals surface area contributed by atoms with Gasteiger partial charge in [0.1, 0.15) is 4.21 Å². The fourth-order valence-corrected chi connectivity index (χ4v) is 5.13. The van der Waals surface area contributed by atoms with Gasteiger partial charge in [0.25, 0.3) is 10.0 Å². The van der Waals surface area contributed by atoms with Gasteiger partial charge in [-0.1, -0.05) is 0 Å². The molecule has 0 bridgehead atoms. The quantitative estimate of drug-likeness (QED) is 0.900. The van der Waals surface area contributed by atoms with Crippen molar-refractivity contribution in [2.75, 3.05) is 27.2 Å². The largest absolute Gasteiger partial charge is 0.391 e. The molecule has 0 aliphatic carbocycles. The highest BCUT2D eigenvalue weighted by Gasteiger charge is 2.31. The van der Waals surface area contributed by atoms with Crippen LogP contribution in [0.25, 0.3) is 0 Å². The molecule has 2 heterocycles. The van der Waals surface area contributed by atoms with Gasteiger partial charge in [0, 0.05) is 24.5 Å². The van der Waals surface area contributed by atoms with Gasteiger partial charge < -0.3 is 10.0 Å². The molecule has 1 N–H and O–H groups in total. The fourth-order valence-electron chi connectivity index (χ4n) is 2.36. The zero-order chi connectivity index (χ0) is 14.0. The number of sulfonamides is 1. The van der Waals surface area contributed by atoms with E-state index >= 15 is 0 Å². The van der Waals surface area contributed by atoms with Gasteiger partial charge in [-0.05, 0) is 38.6 Å². The second-order valence-electron chi connectivity index (χ2n) is 4.96. The molecule has 5 nitrogen and oxygen atoms in total. The summed E-state index contributed by atoms with van der Waals surface area (Å²) in [5.74, 6) is 0. The maximum Gasteiger partial charge on any atom is 0.252 e. The SMILES string of the molecule is CN1CCCC(N(C)S(=O)(=O)c2ccc(CO)s2)C1. The molecule has 1 saturated heterocycles. The number of aliphatic hydroxyl groups is 1. The van der Waals surface area contributed by atoms with Crippen molar-refractivity contribution in [2.24, 2.45) is 0 Å². The van der Waals surface area contributed by atoms with E-state index in [2.05, 4.69) is 4.90 Å². The average Bonchev–Trinajstić information content (AvgIpc) is 2.87. The summed E-state index contributed by atoms with van der Waals surface area (Å²) in [6, 6.07) is 3.27. The molecule has 1 unspecified atom stereocenters. The fraction of sp³-hybridized carbons (Fsp3) is 0.667. The standard InChI is InChI=1S/C12H20N2O3S2/c1-13-7-3-4-10(8-13)14(2)19(16,17)12-6-5-11(9-15)18-12/h5-6,10,15H,3-4,7-9H2,1-2H3. The lowest BCUT2D eigenvalue weighted by molar-refractivity contribution is 0.188. The van der Waals surface area contributed by atoms with Crippen LogP contribution in [0.1, 0.15) is 17.7 Å². The Balaban J connectivity index is 2.18. The summed E-state index contributed by atoms with van der Waals surface area (Å²) in [4.78, 5) is 2.83. The minimum atomic E-state index is -3.44. The molecule has 7 heteroatoms. The summed E-state index contributed by atoms with van der Waals surface area (Å²) >= 11 is 1.14. The Kier molecular flexibility index (Phi) is 4.62. The lowest BCUT2D eigenvalue weighted by Crippen LogP contribution is -2.47. The first-order valence-corrected chi connectivity index (χ1v) is 8.57. The first kappa shape index (κ1) is 14.9. The Hall–Kier alpha value is -0.470. The number of hydrogen-bond acceptors (Lipinski definition) is 5. The lowest BCUT2D eigenvalue weighted by Gasteiger charge is -2.34. The summed E-state index contributed by atoms with van der Waals surface area (Å²) in [6.07, 6.45) is 1.92. The van der Waals surface area contributed by atoms with Crippen molar-refractivity contribution in [3.8, 4) is 0 Å². The van der Waals surface area contributed by atoms with Gasteiger partial charge in [0.05, 0.1) is 6.61 Å². The van der Waals surface area contributed by atoms with Gasteiger partial charge in [0.15, 0.2) is 0 Å². The summed E-state index contributed by atoms with van der Waals surface area (Å²) in [6.45, 7) is 1.68. The number of piperidine rings is 1. The third-order valence-electron chi connectivity index (χ3n) is 3.54. The van der Waals surface area contributed by atoms with Crippen LogP contribution in [0, 0.1) is 0 Å². The number of likely N-dealkylation sites (N-methyl/N-ethyl adjacent to an activating group) is 2. The molecule has 108 valence electrons. The molecular formula is C12H20N2O3S2. The highest BCUT2D eigenvalue weighted by Crippen LogP contribution is 2.27. The molecular weight excluding hydrogens is 284 g/mol. The summed E-state index contributed by atoms with van der Waals surface area (Å²) in [5.41, 5.74) is 0. The lowest BCUT2D eigenvalue weighted by atomic mass is 10.1. The number of nitrogens with zero attached hydrogens (tertiary/aromatic N) is 2. The van der Waals surface area contributed by atoms with E-state index in [1.165, 1.54) is 4.31 Å². The van der Waals surface area contributed by atoms with Crippen LogP contribution in [0.4, 0.5) is 0 Å². The molecule has 19 heavy (non-hydrogen) atoms. The first-order chi connectivity index (χ1) is 8.95. The number of hydrogen-bond donors (Lipinski definition) is 1. The van der Waals surface area contributed by atoms with E-state index in [4.69, 9.17) is 5.11 Å². The van der Waals surface area contributed by atoms with E-state index in [0.29, 0.717) is 9.09 Å². The van der Waals surface area contributed by atoms with Crippen LogP contribution in [0.5, 0.6) is 0 Å². The Morgan fingerprint density at radius 3 is 2.84 bits per heavy atom. The average molecular weight is 304 g/mol. The van der Waals surface area contributed by atoms with Crippen LogP contribution in [0.15, 0.2) is 16.3 Å². The highest BCUT2D eigenvalue weighted by atomic mass is 32.2. The van der Waals surface area contributed by atoms with E-state index in [1.807, 2.05) is 7.05 Å². The number of likely N-dealkylation sites (tertiary alicyclic amines) is 1. The normalized spacial score (nSPS) is 22.0. The van der Waals surface area contributed by atoms with E-state index in [-0.39, 0.29) is 12.6 Å². The van der Waals surface area contributed by atoms with Crippen molar-refractivity contribution in [3.63, 3.8) is 0 Å².